The van der Waals surface area contributed by atoms with E-state index in [0.717, 1.165) is 18.7 Å². The fraction of sp³-hybridized carbons (Fsp3) is 0.400. The number of nitrogens with zero attached hydrogens (tertiary/aromatic N) is 2. The highest BCUT2D eigenvalue weighted by Crippen LogP contribution is 2.55. The van der Waals surface area contributed by atoms with Crippen molar-refractivity contribution in [3.8, 4) is 0 Å². The van der Waals surface area contributed by atoms with Crippen LogP contribution in [0.25, 0.3) is 0 Å². The number of benzene rings is 1. The zero-order valence-electron chi connectivity index (χ0n) is 16.8. The first-order valence-electron chi connectivity index (χ1n) is 9.41. The van der Waals surface area contributed by atoms with Gasteiger partial charge in [0, 0.05) is 19.9 Å². The zero-order chi connectivity index (χ0) is 22.7. The van der Waals surface area contributed by atoms with Crippen molar-refractivity contribution in [2.45, 2.75) is 38.8 Å². The van der Waals surface area contributed by atoms with Gasteiger partial charge in [-0.3, -0.25) is 29.3 Å². The van der Waals surface area contributed by atoms with Crippen LogP contribution in [0.5, 0.6) is 0 Å². The van der Waals surface area contributed by atoms with Gasteiger partial charge in [0.05, 0.1) is 22.9 Å². The summed E-state index contributed by atoms with van der Waals surface area (Å²) in [5, 5.41) is 11.5. The van der Waals surface area contributed by atoms with Gasteiger partial charge in [-0.2, -0.15) is 0 Å². The zero-order valence-corrected chi connectivity index (χ0v) is 16.8. The van der Waals surface area contributed by atoms with Crippen LogP contribution in [0.4, 0.5) is 11.4 Å². The Kier molecular flexibility index (Phi) is 4.65. The molecule has 2 amide bonds. The highest BCUT2D eigenvalue weighted by molar-refractivity contribution is 6.24. The second-order valence-corrected chi connectivity index (χ2v) is 7.61. The summed E-state index contributed by atoms with van der Waals surface area (Å²) in [6.45, 7) is 3.84. The minimum Gasteiger partial charge on any atom is -0.422 e. The van der Waals surface area contributed by atoms with E-state index in [-0.39, 0.29) is 5.69 Å². The fourth-order valence-electron chi connectivity index (χ4n) is 4.42. The normalized spacial score (nSPS) is 28.3. The lowest BCUT2D eigenvalue weighted by Gasteiger charge is -2.34. The number of amides is 2. The summed E-state index contributed by atoms with van der Waals surface area (Å²) < 4.78 is 16.1. The molecule has 0 N–H and O–H groups in total. The summed E-state index contributed by atoms with van der Waals surface area (Å²) in [5.74, 6) is -5.22. The van der Waals surface area contributed by atoms with E-state index in [4.69, 9.17) is 14.2 Å². The van der Waals surface area contributed by atoms with E-state index in [1.807, 2.05) is 0 Å². The second kappa shape index (κ2) is 6.98. The SMILES string of the molecule is CC(=O)OC(OC(C)=O)[C@@]12C=C[C@@H](O1)[C@H]1C(=O)N(c3ccc(C)cc3[N+](=O)[O-])C(=O)[C@@H]12. The van der Waals surface area contributed by atoms with Gasteiger partial charge in [-0.15, -0.1) is 0 Å². The third-order valence-corrected chi connectivity index (χ3v) is 5.56. The van der Waals surface area contributed by atoms with Crippen LogP contribution in [0.3, 0.4) is 0 Å². The van der Waals surface area contributed by atoms with Gasteiger partial charge in [0.15, 0.2) is 5.60 Å². The number of anilines is 1. The molecule has 0 aliphatic carbocycles. The van der Waals surface area contributed by atoms with Crippen molar-refractivity contribution < 1.29 is 38.3 Å². The Balaban J connectivity index is 1.79. The maximum atomic E-state index is 13.4. The summed E-state index contributed by atoms with van der Waals surface area (Å²) in [4.78, 5) is 61.5. The summed E-state index contributed by atoms with van der Waals surface area (Å²) in [7, 11) is 0. The van der Waals surface area contributed by atoms with E-state index < -0.39 is 64.2 Å². The maximum Gasteiger partial charge on any atom is 0.305 e. The van der Waals surface area contributed by atoms with E-state index in [1.165, 1.54) is 24.3 Å². The lowest BCUT2D eigenvalue weighted by Crippen LogP contribution is -2.52. The molecule has 3 aliphatic heterocycles. The largest absolute Gasteiger partial charge is 0.422 e. The average Bonchev–Trinajstić information content (AvgIpc) is 3.32. The van der Waals surface area contributed by atoms with Crippen LogP contribution < -0.4 is 4.90 Å². The molecular formula is C20H18N2O9. The number of aryl methyl sites for hydroxylation is 1. The Morgan fingerprint density at radius 3 is 2.42 bits per heavy atom. The van der Waals surface area contributed by atoms with Gasteiger partial charge in [0.1, 0.15) is 5.69 Å². The quantitative estimate of drug-likeness (QED) is 0.168. The molecule has 0 radical (unpaired) electrons. The van der Waals surface area contributed by atoms with Crippen molar-refractivity contribution in [3.63, 3.8) is 0 Å². The number of hydrogen-bond donors (Lipinski definition) is 0. The molecule has 0 aromatic heterocycles. The molecule has 3 aliphatic rings. The molecule has 11 nitrogen and oxygen atoms in total. The number of nitro groups is 1. The first-order chi connectivity index (χ1) is 14.6. The van der Waals surface area contributed by atoms with Gasteiger partial charge in [-0.1, -0.05) is 12.1 Å². The highest BCUT2D eigenvalue weighted by atomic mass is 16.7. The van der Waals surface area contributed by atoms with E-state index >= 15 is 0 Å². The summed E-state index contributed by atoms with van der Waals surface area (Å²) in [5.41, 5.74) is -1.69. The third-order valence-electron chi connectivity index (χ3n) is 5.56. The first kappa shape index (κ1) is 20.7. The van der Waals surface area contributed by atoms with E-state index in [0.29, 0.717) is 5.56 Å². The number of esters is 2. The van der Waals surface area contributed by atoms with Crippen molar-refractivity contribution in [3.05, 3.63) is 46.0 Å². The van der Waals surface area contributed by atoms with Crippen LogP contribution in [-0.4, -0.2) is 46.7 Å². The standard InChI is InChI=1S/C20H18N2O9/c1-9-4-5-12(13(8-9)22(27)28)21-17(25)15-14-6-7-20(31-14,16(15)18(21)26)19(29-10(2)23)30-11(3)24/h4-8,14-16,19H,1-3H3/t14-,15-,16-,20+/m1/s1. The Morgan fingerprint density at radius 2 is 1.84 bits per heavy atom. The van der Waals surface area contributed by atoms with Crippen LogP contribution in [0.15, 0.2) is 30.4 Å². The van der Waals surface area contributed by atoms with Gasteiger partial charge in [-0.05, 0) is 24.6 Å². The predicted molar refractivity (Wildman–Crippen MR) is 101 cm³/mol. The molecule has 1 aromatic rings. The van der Waals surface area contributed by atoms with Crippen LogP contribution in [0, 0.1) is 28.9 Å². The molecule has 0 spiro atoms. The fourth-order valence-corrected chi connectivity index (χ4v) is 4.42. The van der Waals surface area contributed by atoms with Gasteiger partial charge in [0.2, 0.25) is 11.8 Å². The Hall–Kier alpha value is -3.60. The van der Waals surface area contributed by atoms with Gasteiger partial charge < -0.3 is 14.2 Å². The van der Waals surface area contributed by atoms with E-state index in [2.05, 4.69) is 0 Å². The molecule has 31 heavy (non-hydrogen) atoms. The van der Waals surface area contributed by atoms with E-state index in [1.54, 1.807) is 13.0 Å². The number of fused-ring (bicyclic) bond motifs is 5. The van der Waals surface area contributed by atoms with Crippen LogP contribution >= 0.6 is 0 Å². The summed E-state index contributed by atoms with van der Waals surface area (Å²) >= 11 is 0. The summed E-state index contributed by atoms with van der Waals surface area (Å²) in [6.07, 6.45) is 0.514. The lowest BCUT2D eigenvalue weighted by molar-refractivity contribution is -0.384. The Labute approximate surface area is 175 Å². The topological polar surface area (TPSA) is 142 Å². The smallest absolute Gasteiger partial charge is 0.305 e. The number of hydrogen-bond acceptors (Lipinski definition) is 9. The van der Waals surface area contributed by atoms with Gasteiger partial charge >= 0.3 is 11.9 Å². The Morgan fingerprint density at radius 1 is 1.19 bits per heavy atom. The molecule has 11 heteroatoms. The van der Waals surface area contributed by atoms with Crippen LogP contribution in [0.1, 0.15) is 19.4 Å². The molecule has 2 saturated heterocycles. The lowest BCUT2D eigenvalue weighted by atomic mass is 9.76. The van der Waals surface area contributed by atoms with Crippen molar-refractivity contribution in [2.75, 3.05) is 4.90 Å². The summed E-state index contributed by atoms with van der Waals surface area (Å²) in [6, 6.07) is 4.16. The monoisotopic (exact) mass is 430 g/mol. The molecule has 3 heterocycles. The van der Waals surface area contributed by atoms with E-state index in [9.17, 15) is 29.3 Å². The molecule has 1 aromatic carbocycles. The number of carbonyl (C=O) groups excluding carboxylic acids is 4. The highest BCUT2D eigenvalue weighted by Gasteiger charge is 2.72. The predicted octanol–water partition coefficient (Wildman–Crippen LogP) is 1.17. The second-order valence-electron chi connectivity index (χ2n) is 7.61. The van der Waals surface area contributed by atoms with Crippen LogP contribution in [-0.2, 0) is 33.4 Å². The molecule has 0 unspecified atom stereocenters. The average molecular weight is 430 g/mol. The molecule has 0 saturated carbocycles. The first-order valence-corrected chi connectivity index (χ1v) is 9.41. The number of rotatable bonds is 5. The third kappa shape index (κ3) is 3.00. The van der Waals surface area contributed by atoms with Crippen molar-refractivity contribution >= 4 is 35.1 Å². The maximum absolute atomic E-state index is 13.4. The van der Waals surface area contributed by atoms with Crippen LogP contribution in [0.2, 0.25) is 0 Å². The number of nitro benzene ring substituents is 1. The minimum atomic E-state index is -1.71. The molecule has 2 fully saturated rings. The van der Waals surface area contributed by atoms with Crippen molar-refractivity contribution in [2.24, 2.45) is 11.8 Å². The molecule has 2 bridgehead atoms. The minimum absolute atomic E-state index is 0.161. The number of ether oxygens (including phenoxy) is 3. The number of carbonyl (C=O) groups is 4. The number of imide groups is 1. The van der Waals surface area contributed by atoms with Gasteiger partial charge in [-0.25, -0.2) is 4.90 Å². The van der Waals surface area contributed by atoms with Gasteiger partial charge in [0.25, 0.3) is 12.0 Å². The van der Waals surface area contributed by atoms with Crippen molar-refractivity contribution in [1.29, 1.82) is 0 Å². The van der Waals surface area contributed by atoms with Crippen molar-refractivity contribution in [1.82, 2.24) is 0 Å². The molecule has 4 rings (SSSR count). The Bertz CT molecular complexity index is 1050. The molecular weight excluding hydrogens is 412 g/mol. The molecule has 4 atom stereocenters. The molecule has 162 valence electrons.